The number of aliphatic carboxylic acids is 1. The lowest BCUT2D eigenvalue weighted by molar-refractivity contribution is -0.142. The normalized spacial score (nSPS) is 20.8. The SMILES string of the molecule is O=C(O)[C@H]1CCCCN1S(=O)(=O)c1c(Cl)cccc1Cl. The van der Waals surface area contributed by atoms with Gasteiger partial charge in [0, 0.05) is 6.54 Å². The highest BCUT2D eigenvalue weighted by Gasteiger charge is 2.39. The molecule has 1 saturated heterocycles. The first-order chi connectivity index (χ1) is 9.35. The van der Waals surface area contributed by atoms with Gasteiger partial charge in [0.2, 0.25) is 10.0 Å². The maximum absolute atomic E-state index is 12.6. The van der Waals surface area contributed by atoms with E-state index in [1.54, 1.807) is 0 Å². The second-order valence-electron chi connectivity index (χ2n) is 4.52. The van der Waals surface area contributed by atoms with Crippen LogP contribution < -0.4 is 0 Å². The van der Waals surface area contributed by atoms with Crippen LogP contribution in [-0.2, 0) is 14.8 Å². The summed E-state index contributed by atoms with van der Waals surface area (Å²) in [4.78, 5) is 11.0. The zero-order valence-electron chi connectivity index (χ0n) is 10.4. The van der Waals surface area contributed by atoms with E-state index in [1.807, 2.05) is 0 Å². The summed E-state index contributed by atoms with van der Waals surface area (Å²) in [5, 5.41) is 9.17. The van der Waals surface area contributed by atoms with Gasteiger partial charge in [0.15, 0.2) is 0 Å². The van der Waals surface area contributed by atoms with E-state index >= 15 is 0 Å². The third kappa shape index (κ3) is 2.79. The van der Waals surface area contributed by atoms with Crippen molar-refractivity contribution in [3.05, 3.63) is 28.2 Å². The number of sulfonamides is 1. The Kier molecular flexibility index (Phi) is 4.59. The van der Waals surface area contributed by atoms with Gasteiger partial charge in [-0.25, -0.2) is 8.42 Å². The standard InChI is InChI=1S/C12H13Cl2NO4S/c13-8-4-3-5-9(14)11(8)20(18,19)15-7-2-1-6-10(15)12(16)17/h3-5,10H,1-2,6-7H2,(H,16,17)/t10-/m1/s1. The lowest BCUT2D eigenvalue weighted by Gasteiger charge is -2.32. The average Bonchev–Trinajstić information content (AvgIpc) is 2.38. The first-order valence-corrected chi connectivity index (χ1v) is 8.24. The summed E-state index contributed by atoms with van der Waals surface area (Å²) in [7, 11) is -4.03. The maximum Gasteiger partial charge on any atom is 0.322 e. The van der Waals surface area contributed by atoms with Crippen LogP contribution in [0.25, 0.3) is 0 Å². The second-order valence-corrected chi connectivity index (χ2v) is 7.16. The summed E-state index contributed by atoms with van der Waals surface area (Å²) in [6, 6.07) is 3.30. The lowest BCUT2D eigenvalue weighted by atomic mass is 10.1. The minimum Gasteiger partial charge on any atom is -0.480 e. The number of hydrogen-bond acceptors (Lipinski definition) is 3. The highest BCUT2D eigenvalue weighted by atomic mass is 35.5. The van der Waals surface area contributed by atoms with Crippen LogP contribution in [0.5, 0.6) is 0 Å². The van der Waals surface area contributed by atoms with Crippen LogP contribution in [-0.4, -0.2) is 36.4 Å². The van der Waals surface area contributed by atoms with E-state index in [9.17, 15) is 18.3 Å². The van der Waals surface area contributed by atoms with E-state index in [0.717, 1.165) is 4.31 Å². The highest BCUT2D eigenvalue weighted by molar-refractivity contribution is 7.89. The lowest BCUT2D eigenvalue weighted by Crippen LogP contribution is -2.47. The smallest absolute Gasteiger partial charge is 0.322 e. The predicted octanol–water partition coefficient (Wildman–Crippen LogP) is 2.62. The van der Waals surface area contributed by atoms with Crippen LogP contribution in [0.3, 0.4) is 0 Å². The Morgan fingerprint density at radius 2 is 1.85 bits per heavy atom. The molecule has 110 valence electrons. The summed E-state index contributed by atoms with van der Waals surface area (Å²) < 4.78 is 26.3. The van der Waals surface area contributed by atoms with Crippen molar-refractivity contribution in [2.75, 3.05) is 6.54 Å². The molecule has 0 unspecified atom stereocenters. The number of benzene rings is 1. The highest BCUT2D eigenvalue weighted by Crippen LogP contribution is 2.34. The number of piperidine rings is 1. The molecule has 1 N–H and O–H groups in total. The van der Waals surface area contributed by atoms with Crippen LogP contribution >= 0.6 is 23.2 Å². The van der Waals surface area contributed by atoms with Crippen LogP contribution in [0, 0.1) is 0 Å². The number of halogens is 2. The topological polar surface area (TPSA) is 74.7 Å². The minimum absolute atomic E-state index is 0.00721. The Balaban J connectivity index is 2.51. The molecule has 1 aliphatic heterocycles. The summed E-state index contributed by atoms with van der Waals surface area (Å²) >= 11 is 11.8. The van der Waals surface area contributed by atoms with Gasteiger partial charge in [-0.3, -0.25) is 4.79 Å². The van der Waals surface area contributed by atoms with Crippen molar-refractivity contribution >= 4 is 39.2 Å². The van der Waals surface area contributed by atoms with Crippen molar-refractivity contribution in [3.63, 3.8) is 0 Å². The zero-order chi connectivity index (χ0) is 14.9. The molecular formula is C12H13Cl2NO4S. The van der Waals surface area contributed by atoms with E-state index in [2.05, 4.69) is 0 Å². The molecule has 0 spiro atoms. The summed E-state index contributed by atoms with van der Waals surface area (Å²) in [5.41, 5.74) is 0. The summed E-state index contributed by atoms with van der Waals surface area (Å²) in [6.45, 7) is 0.154. The van der Waals surface area contributed by atoms with Crippen molar-refractivity contribution in [1.29, 1.82) is 0 Å². The summed E-state index contributed by atoms with van der Waals surface area (Å²) in [6.07, 6.45) is 1.58. The maximum atomic E-state index is 12.6. The largest absolute Gasteiger partial charge is 0.480 e. The predicted molar refractivity (Wildman–Crippen MR) is 75.6 cm³/mol. The fourth-order valence-corrected chi connectivity index (χ4v) is 5.03. The molecule has 1 fully saturated rings. The average molecular weight is 338 g/mol. The van der Waals surface area contributed by atoms with Crippen LogP contribution in [0.15, 0.2) is 23.1 Å². The number of rotatable bonds is 3. The molecule has 0 bridgehead atoms. The molecule has 0 aromatic heterocycles. The molecule has 2 rings (SSSR count). The molecule has 5 nitrogen and oxygen atoms in total. The Labute approximate surface area is 127 Å². The Morgan fingerprint density at radius 1 is 1.25 bits per heavy atom. The van der Waals surface area contributed by atoms with Crippen molar-refractivity contribution in [2.45, 2.75) is 30.2 Å². The van der Waals surface area contributed by atoms with Crippen LogP contribution in [0.1, 0.15) is 19.3 Å². The van der Waals surface area contributed by atoms with E-state index < -0.39 is 22.0 Å². The monoisotopic (exact) mass is 337 g/mol. The number of carbonyl (C=O) groups is 1. The van der Waals surface area contributed by atoms with Crippen LogP contribution in [0.4, 0.5) is 0 Å². The fourth-order valence-electron chi connectivity index (χ4n) is 2.29. The molecule has 1 aromatic rings. The molecule has 1 atom stereocenters. The second kappa shape index (κ2) is 5.89. The van der Waals surface area contributed by atoms with Gasteiger partial charge < -0.3 is 5.11 Å². The molecule has 1 aliphatic rings. The van der Waals surface area contributed by atoms with E-state index in [1.165, 1.54) is 18.2 Å². The third-order valence-electron chi connectivity index (χ3n) is 3.22. The van der Waals surface area contributed by atoms with Gasteiger partial charge in [-0.2, -0.15) is 4.31 Å². The van der Waals surface area contributed by atoms with Gasteiger partial charge in [0.1, 0.15) is 10.9 Å². The van der Waals surface area contributed by atoms with E-state index in [4.69, 9.17) is 23.2 Å². The molecule has 0 radical (unpaired) electrons. The zero-order valence-corrected chi connectivity index (χ0v) is 12.7. The van der Waals surface area contributed by atoms with Crippen molar-refractivity contribution < 1.29 is 18.3 Å². The molecular weight excluding hydrogens is 325 g/mol. The van der Waals surface area contributed by atoms with Gasteiger partial charge in [-0.15, -0.1) is 0 Å². The van der Waals surface area contributed by atoms with Gasteiger partial charge in [-0.1, -0.05) is 29.3 Å². The van der Waals surface area contributed by atoms with E-state index in [0.29, 0.717) is 12.8 Å². The molecule has 0 amide bonds. The van der Waals surface area contributed by atoms with E-state index in [-0.39, 0.29) is 27.9 Å². The van der Waals surface area contributed by atoms with Crippen molar-refractivity contribution in [3.8, 4) is 0 Å². The number of carboxylic acids is 1. The minimum atomic E-state index is -4.03. The molecule has 1 heterocycles. The Hall–Kier alpha value is -0.820. The van der Waals surface area contributed by atoms with Gasteiger partial charge in [-0.05, 0) is 31.4 Å². The quantitative estimate of drug-likeness (QED) is 0.919. The van der Waals surface area contributed by atoms with Gasteiger partial charge in [0.25, 0.3) is 0 Å². The molecule has 8 heteroatoms. The van der Waals surface area contributed by atoms with Gasteiger partial charge >= 0.3 is 5.97 Å². The van der Waals surface area contributed by atoms with Gasteiger partial charge in [0.05, 0.1) is 10.0 Å². The third-order valence-corrected chi connectivity index (χ3v) is 6.09. The molecule has 20 heavy (non-hydrogen) atoms. The molecule has 0 saturated carbocycles. The number of hydrogen-bond donors (Lipinski definition) is 1. The first kappa shape index (κ1) is 15.6. The van der Waals surface area contributed by atoms with Crippen molar-refractivity contribution in [2.24, 2.45) is 0 Å². The fraction of sp³-hybridized carbons (Fsp3) is 0.417. The number of carboxylic acid groups (broad SMARTS) is 1. The first-order valence-electron chi connectivity index (χ1n) is 6.04. The molecule has 1 aromatic carbocycles. The molecule has 0 aliphatic carbocycles. The van der Waals surface area contributed by atoms with Crippen molar-refractivity contribution in [1.82, 2.24) is 4.31 Å². The Bertz CT molecular complexity index is 612. The van der Waals surface area contributed by atoms with Crippen LogP contribution in [0.2, 0.25) is 10.0 Å². The Morgan fingerprint density at radius 3 is 2.40 bits per heavy atom. The number of nitrogens with zero attached hydrogens (tertiary/aromatic N) is 1. The summed E-state index contributed by atoms with van der Waals surface area (Å²) in [5.74, 6) is -1.16.